The number of rotatable bonds is 6. The molecule has 2 rings (SSSR count). The zero-order chi connectivity index (χ0) is 15.2. The molecule has 0 saturated carbocycles. The van der Waals surface area contributed by atoms with Crippen LogP contribution in [-0.4, -0.2) is 32.3 Å². The Morgan fingerprint density at radius 2 is 2.24 bits per heavy atom. The van der Waals surface area contributed by atoms with Gasteiger partial charge in [-0.25, -0.2) is 14.8 Å². The molecule has 2 aromatic rings. The molecule has 0 aromatic carbocycles. The molecule has 7 heteroatoms. The molecule has 0 saturated heterocycles. The molecule has 0 fully saturated rings. The number of carbonyl (C=O) groups is 1. The van der Waals surface area contributed by atoms with E-state index in [0.29, 0.717) is 25.3 Å². The molecule has 0 aliphatic rings. The van der Waals surface area contributed by atoms with Crippen LogP contribution in [-0.2, 0) is 24.9 Å². The van der Waals surface area contributed by atoms with Crippen LogP contribution in [0.4, 0.5) is 0 Å². The number of esters is 1. The van der Waals surface area contributed by atoms with Crippen LogP contribution in [0.3, 0.4) is 0 Å². The summed E-state index contributed by atoms with van der Waals surface area (Å²) >= 11 is 0. The summed E-state index contributed by atoms with van der Waals surface area (Å²) in [5.41, 5.74) is 2.19. The number of aryl methyl sites for hydroxylation is 2. The SMILES string of the molecule is CCOC(=O)c1cnn(C)c1CNCc1ccnc(C)n1. The fourth-order valence-electron chi connectivity index (χ4n) is 1.96. The summed E-state index contributed by atoms with van der Waals surface area (Å²) in [7, 11) is 1.80. The molecule has 0 bridgehead atoms. The third-order valence-corrected chi connectivity index (χ3v) is 2.99. The number of nitrogens with one attached hydrogen (secondary N) is 1. The average molecular weight is 289 g/mol. The van der Waals surface area contributed by atoms with Gasteiger partial charge in [0.2, 0.25) is 0 Å². The molecule has 21 heavy (non-hydrogen) atoms. The molecule has 0 radical (unpaired) electrons. The third-order valence-electron chi connectivity index (χ3n) is 2.99. The zero-order valence-electron chi connectivity index (χ0n) is 12.5. The smallest absolute Gasteiger partial charge is 0.341 e. The van der Waals surface area contributed by atoms with Gasteiger partial charge in [0.25, 0.3) is 0 Å². The second-order valence-corrected chi connectivity index (χ2v) is 4.55. The molecule has 0 unspecified atom stereocenters. The van der Waals surface area contributed by atoms with Crippen molar-refractivity contribution < 1.29 is 9.53 Å². The predicted octanol–water partition coefficient (Wildman–Crippen LogP) is 0.985. The first-order chi connectivity index (χ1) is 10.1. The van der Waals surface area contributed by atoms with E-state index in [9.17, 15) is 4.79 Å². The van der Waals surface area contributed by atoms with Gasteiger partial charge in [-0.05, 0) is 19.9 Å². The maximum Gasteiger partial charge on any atom is 0.341 e. The monoisotopic (exact) mass is 289 g/mol. The molecule has 0 aliphatic carbocycles. The summed E-state index contributed by atoms with van der Waals surface area (Å²) in [6.07, 6.45) is 3.26. The fourth-order valence-corrected chi connectivity index (χ4v) is 1.96. The van der Waals surface area contributed by atoms with Gasteiger partial charge in [-0.2, -0.15) is 5.10 Å². The number of nitrogens with zero attached hydrogens (tertiary/aromatic N) is 4. The lowest BCUT2D eigenvalue weighted by Crippen LogP contribution is -2.19. The number of hydrogen-bond acceptors (Lipinski definition) is 6. The van der Waals surface area contributed by atoms with E-state index in [2.05, 4.69) is 20.4 Å². The van der Waals surface area contributed by atoms with Gasteiger partial charge in [0.05, 0.1) is 24.2 Å². The highest BCUT2D eigenvalue weighted by Crippen LogP contribution is 2.09. The number of ether oxygens (including phenoxy) is 1. The van der Waals surface area contributed by atoms with Gasteiger partial charge < -0.3 is 10.1 Å². The van der Waals surface area contributed by atoms with E-state index < -0.39 is 0 Å². The van der Waals surface area contributed by atoms with Crippen molar-refractivity contribution in [3.05, 3.63) is 41.2 Å². The maximum atomic E-state index is 11.8. The van der Waals surface area contributed by atoms with E-state index in [4.69, 9.17) is 4.74 Å². The highest BCUT2D eigenvalue weighted by molar-refractivity contribution is 5.90. The minimum absolute atomic E-state index is 0.347. The second-order valence-electron chi connectivity index (χ2n) is 4.55. The first-order valence-corrected chi connectivity index (χ1v) is 6.79. The first-order valence-electron chi connectivity index (χ1n) is 6.79. The van der Waals surface area contributed by atoms with Gasteiger partial charge in [-0.3, -0.25) is 4.68 Å². The van der Waals surface area contributed by atoms with Gasteiger partial charge >= 0.3 is 5.97 Å². The Morgan fingerprint density at radius 1 is 1.43 bits per heavy atom. The van der Waals surface area contributed by atoms with Crippen molar-refractivity contribution in [3.63, 3.8) is 0 Å². The number of carbonyl (C=O) groups excluding carboxylic acids is 1. The maximum absolute atomic E-state index is 11.8. The summed E-state index contributed by atoms with van der Waals surface area (Å²) in [6, 6.07) is 1.86. The topological polar surface area (TPSA) is 81.9 Å². The van der Waals surface area contributed by atoms with Gasteiger partial charge in [-0.15, -0.1) is 0 Å². The zero-order valence-corrected chi connectivity index (χ0v) is 12.5. The van der Waals surface area contributed by atoms with Crippen LogP contribution in [0.15, 0.2) is 18.5 Å². The largest absolute Gasteiger partial charge is 0.462 e. The molecule has 0 spiro atoms. The summed E-state index contributed by atoms with van der Waals surface area (Å²) in [5, 5.41) is 7.36. The van der Waals surface area contributed by atoms with E-state index in [1.807, 2.05) is 13.0 Å². The van der Waals surface area contributed by atoms with Crippen molar-refractivity contribution in [3.8, 4) is 0 Å². The molecule has 2 aromatic heterocycles. The lowest BCUT2D eigenvalue weighted by molar-refractivity contribution is 0.0524. The Kier molecular flexibility index (Phi) is 4.99. The van der Waals surface area contributed by atoms with Gasteiger partial charge in [0, 0.05) is 26.3 Å². The number of hydrogen-bond donors (Lipinski definition) is 1. The van der Waals surface area contributed by atoms with E-state index in [-0.39, 0.29) is 5.97 Å². The molecule has 0 amide bonds. The second kappa shape index (κ2) is 6.94. The molecular weight excluding hydrogens is 270 g/mol. The van der Waals surface area contributed by atoms with Crippen LogP contribution >= 0.6 is 0 Å². The number of aromatic nitrogens is 4. The van der Waals surface area contributed by atoms with E-state index in [1.165, 1.54) is 6.20 Å². The Morgan fingerprint density at radius 3 is 2.95 bits per heavy atom. The molecule has 112 valence electrons. The average Bonchev–Trinajstić information content (AvgIpc) is 2.81. The Labute approximate surface area is 123 Å². The van der Waals surface area contributed by atoms with Crippen LogP contribution < -0.4 is 5.32 Å². The van der Waals surface area contributed by atoms with Gasteiger partial charge in [-0.1, -0.05) is 0 Å². The van der Waals surface area contributed by atoms with Crippen LogP contribution in [0, 0.1) is 6.92 Å². The van der Waals surface area contributed by atoms with E-state index >= 15 is 0 Å². The Balaban J connectivity index is 2.00. The van der Waals surface area contributed by atoms with Gasteiger partial charge in [0.15, 0.2) is 0 Å². The normalized spacial score (nSPS) is 10.6. The van der Waals surface area contributed by atoms with Crippen molar-refractivity contribution in [2.45, 2.75) is 26.9 Å². The van der Waals surface area contributed by atoms with Crippen molar-refractivity contribution in [1.82, 2.24) is 25.1 Å². The molecule has 0 atom stereocenters. The Hall–Kier alpha value is -2.28. The highest BCUT2D eigenvalue weighted by atomic mass is 16.5. The lowest BCUT2D eigenvalue weighted by atomic mass is 10.2. The van der Waals surface area contributed by atoms with Crippen molar-refractivity contribution >= 4 is 5.97 Å². The van der Waals surface area contributed by atoms with Crippen molar-refractivity contribution in [1.29, 1.82) is 0 Å². The minimum atomic E-state index is -0.347. The summed E-state index contributed by atoms with van der Waals surface area (Å²) in [6.45, 7) is 5.08. The van der Waals surface area contributed by atoms with Gasteiger partial charge in [0.1, 0.15) is 11.4 Å². The van der Waals surface area contributed by atoms with E-state index in [0.717, 1.165) is 17.2 Å². The highest BCUT2D eigenvalue weighted by Gasteiger charge is 2.16. The van der Waals surface area contributed by atoms with Crippen LogP contribution in [0.1, 0.15) is 34.5 Å². The molecular formula is C14H19N5O2. The predicted molar refractivity (Wildman–Crippen MR) is 76.5 cm³/mol. The van der Waals surface area contributed by atoms with Crippen molar-refractivity contribution in [2.75, 3.05) is 6.61 Å². The third kappa shape index (κ3) is 3.85. The quantitative estimate of drug-likeness (QED) is 0.798. The summed E-state index contributed by atoms with van der Waals surface area (Å²) < 4.78 is 6.69. The van der Waals surface area contributed by atoms with Crippen molar-refractivity contribution in [2.24, 2.45) is 7.05 Å². The summed E-state index contributed by atoms with van der Waals surface area (Å²) in [5.74, 6) is 0.391. The Bertz CT molecular complexity index is 624. The standard InChI is InChI=1S/C14H19N5O2/c1-4-21-14(20)12-8-17-19(3)13(12)9-15-7-11-5-6-16-10(2)18-11/h5-6,8,15H,4,7,9H2,1-3H3. The molecule has 7 nitrogen and oxygen atoms in total. The van der Waals surface area contributed by atoms with Crippen LogP contribution in [0.25, 0.3) is 0 Å². The van der Waals surface area contributed by atoms with Crippen LogP contribution in [0.2, 0.25) is 0 Å². The molecule has 1 N–H and O–H groups in total. The lowest BCUT2D eigenvalue weighted by Gasteiger charge is -2.08. The minimum Gasteiger partial charge on any atom is -0.462 e. The fraction of sp³-hybridized carbons (Fsp3) is 0.429. The molecule has 0 aliphatic heterocycles. The van der Waals surface area contributed by atoms with E-state index in [1.54, 1.807) is 24.9 Å². The van der Waals surface area contributed by atoms with Crippen LogP contribution in [0.5, 0.6) is 0 Å². The summed E-state index contributed by atoms with van der Waals surface area (Å²) in [4.78, 5) is 20.2. The first kappa shape index (κ1) is 15.1. The molecule has 2 heterocycles.